The van der Waals surface area contributed by atoms with E-state index in [1.807, 2.05) is 19.9 Å². The van der Waals surface area contributed by atoms with E-state index in [4.69, 9.17) is 16.3 Å². The predicted octanol–water partition coefficient (Wildman–Crippen LogP) is 4.12. The summed E-state index contributed by atoms with van der Waals surface area (Å²) in [5, 5.41) is 3.30. The number of carbonyl (C=O) groups excluding carboxylic acids is 1. The first-order valence-electron chi connectivity index (χ1n) is 6.26. The summed E-state index contributed by atoms with van der Waals surface area (Å²) in [7, 11) is 0. The van der Waals surface area contributed by atoms with E-state index < -0.39 is 0 Å². The Kier molecular flexibility index (Phi) is 6.46. The minimum absolute atomic E-state index is 0. The van der Waals surface area contributed by atoms with Crippen molar-refractivity contribution in [2.45, 2.75) is 13.8 Å². The van der Waals surface area contributed by atoms with Crippen LogP contribution in [0.25, 0.3) is 0 Å². The lowest BCUT2D eigenvalue weighted by Crippen LogP contribution is -2.12. The fourth-order valence-corrected chi connectivity index (χ4v) is 1.97. The molecule has 0 saturated carbocycles. The molecule has 0 unspecified atom stereocenters. The van der Waals surface area contributed by atoms with E-state index >= 15 is 0 Å². The maximum atomic E-state index is 12.1. The molecule has 1 aromatic heterocycles. The van der Waals surface area contributed by atoms with Gasteiger partial charge >= 0.3 is 0 Å². The number of nitrogens with one attached hydrogen (secondary N) is 1. The van der Waals surface area contributed by atoms with E-state index in [1.54, 1.807) is 30.6 Å². The zero-order valence-corrected chi connectivity index (χ0v) is 13.3. The van der Waals surface area contributed by atoms with E-state index in [0.29, 0.717) is 28.6 Å². The molecular weight excluding hydrogens is 311 g/mol. The quantitative estimate of drug-likeness (QED) is 0.919. The summed E-state index contributed by atoms with van der Waals surface area (Å²) in [6, 6.07) is 6.82. The Morgan fingerprint density at radius 1 is 1.33 bits per heavy atom. The van der Waals surface area contributed by atoms with Gasteiger partial charge in [-0.3, -0.25) is 9.78 Å². The summed E-state index contributed by atoms with van der Waals surface area (Å²) in [6.07, 6.45) is 3.15. The Bertz CT molecular complexity index is 619. The fourth-order valence-electron chi connectivity index (χ4n) is 1.75. The van der Waals surface area contributed by atoms with Crippen molar-refractivity contribution in [1.82, 2.24) is 4.98 Å². The van der Waals surface area contributed by atoms with Crippen molar-refractivity contribution in [2.24, 2.45) is 0 Å². The fraction of sp³-hybridized carbons (Fsp3) is 0.200. The van der Waals surface area contributed by atoms with Crippen LogP contribution in [0.4, 0.5) is 5.69 Å². The average molecular weight is 327 g/mol. The van der Waals surface area contributed by atoms with Crippen LogP contribution >= 0.6 is 24.0 Å². The van der Waals surface area contributed by atoms with Crippen molar-refractivity contribution < 1.29 is 9.53 Å². The number of rotatable bonds is 4. The van der Waals surface area contributed by atoms with Crippen LogP contribution in [-0.4, -0.2) is 17.5 Å². The highest BCUT2D eigenvalue weighted by Gasteiger charge is 2.11. The summed E-state index contributed by atoms with van der Waals surface area (Å²) in [6.45, 7) is 4.33. The van der Waals surface area contributed by atoms with E-state index in [2.05, 4.69) is 10.3 Å². The van der Waals surface area contributed by atoms with Gasteiger partial charge < -0.3 is 10.1 Å². The Labute approximate surface area is 134 Å². The highest BCUT2D eigenvalue weighted by atomic mass is 35.5. The molecule has 21 heavy (non-hydrogen) atoms. The lowest BCUT2D eigenvalue weighted by molar-refractivity contribution is 0.102. The molecule has 0 spiro atoms. The van der Waals surface area contributed by atoms with Crippen molar-refractivity contribution in [3.63, 3.8) is 0 Å². The zero-order valence-electron chi connectivity index (χ0n) is 11.7. The van der Waals surface area contributed by atoms with Gasteiger partial charge in [-0.05, 0) is 43.7 Å². The van der Waals surface area contributed by atoms with Crippen LogP contribution < -0.4 is 10.1 Å². The molecule has 2 rings (SSSR count). The second-order valence-electron chi connectivity index (χ2n) is 4.22. The van der Waals surface area contributed by atoms with E-state index in [9.17, 15) is 4.79 Å². The smallest absolute Gasteiger partial charge is 0.255 e. The molecule has 0 radical (unpaired) electrons. The predicted molar refractivity (Wildman–Crippen MR) is 86.8 cm³/mol. The van der Waals surface area contributed by atoms with Gasteiger partial charge in [-0.25, -0.2) is 0 Å². The standard InChI is InChI=1S/C15H15ClN2O2.ClH/c1-3-20-14-8-10(2)13(9-12(14)16)18-15(19)11-4-6-17-7-5-11;/h4-9H,3H2,1-2H3,(H,18,19);1H. The van der Waals surface area contributed by atoms with Crippen LogP contribution in [0.2, 0.25) is 5.02 Å². The second kappa shape index (κ2) is 7.86. The number of anilines is 1. The number of benzene rings is 1. The molecule has 0 aliphatic heterocycles. The third kappa shape index (κ3) is 4.34. The molecule has 6 heteroatoms. The van der Waals surface area contributed by atoms with Crippen LogP contribution in [0.5, 0.6) is 5.75 Å². The first-order chi connectivity index (χ1) is 9.61. The molecule has 1 amide bonds. The molecular formula is C15H16Cl2N2O2. The van der Waals surface area contributed by atoms with E-state index in [-0.39, 0.29) is 18.3 Å². The van der Waals surface area contributed by atoms with Gasteiger partial charge in [-0.2, -0.15) is 0 Å². The second-order valence-corrected chi connectivity index (χ2v) is 4.63. The minimum atomic E-state index is -0.198. The Balaban J connectivity index is 0.00000220. The van der Waals surface area contributed by atoms with Gasteiger partial charge in [0, 0.05) is 23.6 Å². The average Bonchev–Trinajstić information content (AvgIpc) is 2.45. The van der Waals surface area contributed by atoms with Gasteiger partial charge in [0.05, 0.1) is 11.6 Å². The number of ether oxygens (including phenoxy) is 1. The maximum absolute atomic E-state index is 12.1. The molecule has 4 nitrogen and oxygen atoms in total. The summed E-state index contributed by atoms with van der Waals surface area (Å²) in [5.74, 6) is 0.421. The Morgan fingerprint density at radius 3 is 2.62 bits per heavy atom. The molecule has 0 aliphatic rings. The number of hydrogen-bond donors (Lipinski definition) is 1. The molecule has 1 N–H and O–H groups in total. The molecule has 0 bridgehead atoms. The van der Waals surface area contributed by atoms with Gasteiger partial charge in [-0.1, -0.05) is 11.6 Å². The van der Waals surface area contributed by atoms with Crippen LogP contribution in [0.15, 0.2) is 36.7 Å². The Hall–Kier alpha value is -1.78. The van der Waals surface area contributed by atoms with Crippen molar-refractivity contribution in [3.05, 3.63) is 52.8 Å². The van der Waals surface area contributed by atoms with Crippen LogP contribution in [0.1, 0.15) is 22.8 Å². The van der Waals surface area contributed by atoms with Gasteiger partial charge in [-0.15, -0.1) is 12.4 Å². The lowest BCUT2D eigenvalue weighted by atomic mass is 10.1. The zero-order chi connectivity index (χ0) is 14.5. The largest absolute Gasteiger partial charge is 0.492 e. The highest BCUT2D eigenvalue weighted by Crippen LogP contribution is 2.31. The number of aromatic nitrogens is 1. The summed E-state index contributed by atoms with van der Waals surface area (Å²) in [5.41, 5.74) is 2.10. The van der Waals surface area contributed by atoms with Gasteiger partial charge in [0.15, 0.2) is 0 Å². The number of aryl methyl sites for hydroxylation is 1. The van der Waals surface area contributed by atoms with E-state index in [1.165, 1.54) is 0 Å². The summed E-state index contributed by atoms with van der Waals surface area (Å²) < 4.78 is 5.41. The summed E-state index contributed by atoms with van der Waals surface area (Å²) in [4.78, 5) is 16.0. The number of halogens is 2. The van der Waals surface area contributed by atoms with Crippen LogP contribution in [0, 0.1) is 6.92 Å². The number of hydrogen-bond acceptors (Lipinski definition) is 3. The normalized spacial score (nSPS) is 9.67. The lowest BCUT2D eigenvalue weighted by Gasteiger charge is -2.12. The highest BCUT2D eigenvalue weighted by molar-refractivity contribution is 6.32. The number of carbonyl (C=O) groups is 1. The molecule has 0 saturated heterocycles. The molecule has 2 aromatic rings. The van der Waals surface area contributed by atoms with Crippen molar-refractivity contribution in [2.75, 3.05) is 11.9 Å². The third-order valence-corrected chi connectivity index (χ3v) is 3.06. The molecule has 0 atom stereocenters. The van der Waals surface area contributed by atoms with Crippen molar-refractivity contribution in [1.29, 1.82) is 0 Å². The van der Waals surface area contributed by atoms with Crippen LogP contribution in [-0.2, 0) is 0 Å². The van der Waals surface area contributed by atoms with Crippen LogP contribution in [0.3, 0.4) is 0 Å². The SMILES string of the molecule is CCOc1cc(C)c(NC(=O)c2ccncc2)cc1Cl.Cl. The summed E-state index contributed by atoms with van der Waals surface area (Å²) >= 11 is 6.12. The number of nitrogens with zero attached hydrogens (tertiary/aromatic N) is 1. The molecule has 1 aromatic carbocycles. The monoisotopic (exact) mass is 326 g/mol. The van der Waals surface area contributed by atoms with Gasteiger partial charge in [0.1, 0.15) is 5.75 Å². The van der Waals surface area contributed by atoms with Gasteiger partial charge in [0.2, 0.25) is 0 Å². The van der Waals surface area contributed by atoms with Crippen molar-refractivity contribution >= 4 is 35.6 Å². The molecule has 0 aliphatic carbocycles. The topological polar surface area (TPSA) is 51.2 Å². The third-order valence-electron chi connectivity index (χ3n) is 2.77. The van der Waals surface area contributed by atoms with E-state index in [0.717, 1.165) is 5.56 Å². The maximum Gasteiger partial charge on any atom is 0.255 e. The van der Waals surface area contributed by atoms with Gasteiger partial charge in [0.25, 0.3) is 5.91 Å². The van der Waals surface area contributed by atoms with Crippen molar-refractivity contribution in [3.8, 4) is 5.75 Å². The molecule has 1 heterocycles. The minimum Gasteiger partial charge on any atom is -0.492 e. The number of amides is 1. The first kappa shape index (κ1) is 17.3. The number of pyridine rings is 1. The molecule has 112 valence electrons. The first-order valence-corrected chi connectivity index (χ1v) is 6.64. The molecule has 0 fully saturated rings. The Morgan fingerprint density at radius 2 is 2.00 bits per heavy atom.